The molecule has 1 amide bonds. The van der Waals surface area contributed by atoms with Crippen molar-refractivity contribution in [3.8, 4) is 0 Å². The van der Waals surface area contributed by atoms with Gasteiger partial charge < -0.3 is 5.32 Å². The normalized spacial score (nSPS) is 17.2. The zero-order valence-electron chi connectivity index (χ0n) is 14.4. The average molecular weight is 447 g/mol. The van der Waals surface area contributed by atoms with Crippen LogP contribution < -0.4 is 5.32 Å². The van der Waals surface area contributed by atoms with Crippen molar-refractivity contribution in [2.75, 3.05) is 29.9 Å². The number of sulfonamides is 1. The minimum absolute atomic E-state index is 0.0223. The van der Waals surface area contributed by atoms with E-state index in [1.807, 2.05) is 0 Å². The van der Waals surface area contributed by atoms with Gasteiger partial charge in [-0.15, -0.1) is 0 Å². The van der Waals surface area contributed by atoms with E-state index in [1.165, 1.54) is 30.3 Å². The molecule has 1 N–H and O–H groups in total. The maximum absolute atomic E-state index is 13.3. The van der Waals surface area contributed by atoms with Gasteiger partial charge in [-0.05, 0) is 36.4 Å². The molecular weight excluding hydrogens is 431 g/mol. The van der Waals surface area contributed by atoms with Crippen LogP contribution in [0.2, 0.25) is 5.02 Å². The SMILES string of the molecule is O=C(Nc1cccc(F)c1)c1cc(S(=O)(=O)N2CCS(=O)(=O)CC2)ccc1Cl. The van der Waals surface area contributed by atoms with Crippen LogP contribution in [0, 0.1) is 5.82 Å². The lowest BCUT2D eigenvalue weighted by molar-refractivity contribution is 0.102. The van der Waals surface area contributed by atoms with Gasteiger partial charge in [0.1, 0.15) is 5.82 Å². The minimum Gasteiger partial charge on any atom is -0.322 e. The average Bonchev–Trinajstić information content (AvgIpc) is 2.61. The number of nitrogens with one attached hydrogen (secondary N) is 1. The van der Waals surface area contributed by atoms with Gasteiger partial charge in [-0.1, -0.05) is 17.7 Å². The third-order valence-electron chi connectivity index (χ3n) is 4.21. The van der Waals surface area contributed by atoms with Crippen molar-refractivity contribution in [2.24, 2.45) is 0 Å². The van der Waals surface area contributed by atoms with E-state index in [0.717, 1.165) is 16.4 Å². The Morgan fingerprint density at radius 2 is 1.79 bits per heavy atom. The number of amides is 1. The second-order valence-electron chi connectivity index (χ2n) is 6.16. The molecule has 7 nitrogen and oxygen atoms in total. The molecule has 1 fully saturated rings. The monoisotopic (exact) mass is 446 g/mol. The topological polar surface area (TPSA) is 101 Å². The van der Waals surface area contributed by atoms with Gasteiger partial charge in [-0.3, -0.25) is 4.79 Å². The lowest BCUT2D eigenvalue weighted by Crippen LogP contribution is -2.43. The Labute approximate surface area is 167 Å². The summed E-state index contributed by atoms with van der Waals surface area (Å²) < 4.78 is 63.0. The number of nitrogens with zero attached hydrogens (tertiary/aromatic N) is 1. The molecule has 3 rings (SSSR count). The lowest BCUT2D eigenvalue weighted by Gasteiger charge is -2.26. The van der Waals surface area contributed by atoms with Gasteiger partial charge >= 0.3 is 0 Å². The van der Waals surface area contributed by atoms with Crippen LogP contribution in [0.4, 0.5) is 10.1 Å². The molecule has 0 bridgehead atoms. The Morgan fingerprint density at radius 1 is 1.11 bits per heavy atom. The summed E-state index contributed by atoms with van der Waals surface area (Å²) in [6.07, 6.45) is 0. The largest absolute Gasteiger partial charge is 0.322 e. The fourth-order valence-electron chi connectivity index (χ4n) is 2.69. The molecule has 0 atom stereocenters. The van der Waals surface area contributed by atoms with Crippen molar-refractivity contribution in [1.29, 1.82) is 0 Å². The van der Waals surface area contributed by atoms with Crippen molar-refractivity contribution < 1.29 is 26.0 Å². The number of anilines is 1. The van der Waals surface area contributed by atoms with Gasteiger partial charge in [0.2, 0.25) is 10.0 Å². The van der Waals surface area contributed by atoms with E-state index >= 15 is 0 Å². The van der Waals surface area contributed by atoms with Gasteiger partial charge in [0.15, 0.2) is 9.84 Å². The second kappa shape index (κ2) is 7.78. The number of sulfone groups is 1. The molecule has 1 aliphatic heterocycles. The highest BCUT2D eigenvalue weighted by Crippen LogP contribution is 2.25. The first-order valence-corrected chi connectivity index (χ1v) is 11.8. The van der Waals surface area contributed by atoms with Crippen molar-refractivity contribution in [3.63, 3.8) is 0 Å². The quantitative estimate of drug-likeness (QED) is 0.775. The molecule has 2 aromatic rings. The van der Waals surface area contributed by atoms with E-state index in [-0.39, 0.29) is 45.8 Å². The molecule has 0 unspecified atom stereocenters. The van der Waals surface area contributed by atoms with Crippen LogP contribution in [0.15, 0.2) is 47.4 Å². The van der Waals surface area contributed by atoms with Crippen LogP contribution in [0.3, 0.4) is 0 Å². The molecule has 1 saturated heterocycles. The number of halogens is 2. The van der Waals surface area contributed by atoms with Crippen molar-refractivity contribution in [1.82, 2.24) is 4.31 Å². The van der Waals surface area contributed by atoms with Crippen molar-refractivity contribution >= 4 is 43.1 Å². The van der Waals surface area contributed by atoms with Crippen LogP contribution in [-0.4, -0.2) is 51.6 Å². The maximum atomic E-state index is 13.3. The molecule has 0 aliphatic carbocycles. The predicted octanol–water partition coefficient (Wildman–Crippen LogP) is 2.15. The van der Waals surface area contributed by atoms with E-state index in [9.17, 15) is 26.0 Å². The van der Waals surface area contributed by atoms with E-state index in [1.54, 1.807) is 0 Å². The lowest BCUT2D eigenvalue weighted by atomic mass is 10.2. The molecule has 2 aromatic carbocycles. The first-order chi connectivity index (χ1) is 13.1. The zero-order valence-corrected chi connectivity index (χ0v) is 16.8. The van der Waals surface area contributed by atoms with Crippen LogP contribution in [-0.2, 0) is 19.9 Å². The number of hydrogen-bond donors (Lipinski definition) is 1. The summed E-state index contributed by atoms with van der Waals surface area (Å²) in [5, 5.41) is 2.48. The van der Waals surface area contributed by atoms with Gasteiger partial charge in [0, 0.05) is 18.8 Å². The minimum atomic E-state index is -3.99. The fourth-order valence-corrected chi connectivity index (χ4v) is 5.79. The summed E-state index contributed by atoms with van der Waals surface area (Å²) in [5.41, 5.74) is 0.0900. The third kappa shape index (κ3) is 4.52. The Hall–Kier alpha value is -2.01. The second-order valence-corrected chi connectivity index (χ2v) is 10.8. The molecule has 0 saturated carbocycles. The predicted molar refractivity (Wildman–Crippen MR) is 103 cm³/mol. The smallest absolute Gasteiger partial charge is 0.257 e. The van der Waals surface area contributed by atoms with Crippen molar-refractivity contribution in [3.05, 3.63) is 58.9 Å². The first-order valence-electron chi connectivity index (χ1n) is 8.15. The van der Waals surface area contributed by atoms with Crippen LogP contribution in [0.5, 0.6) is 0 Å². The number of benzene rings is 2. The number of carbonyl (C=O) groups excluding carboxylic acids is 1. The van der Waals surface area contributed by atoms with Gasteiger partial charge in [0.25, 0.3) is 5.91 Å². The summed E-state index contributed by atoms with van der Waals surface area (Å²) >= 11 is 6.04. The van der Waals surface area contributed by atoms with E-state index in [4.69, 9.17) is 11.6 Å². The molecule has 1 aliphatic rings. The summed E-state index contributed by atoms with van der Waals surface area (Å²) in [5.74, 6) is -1.76. The molecular formula is C17H16ClFN2O5S2. The zero-order chi connectivity index (χ0) is 20.5. The first kappa shape index (κ1) is 20.7. The number of hydrogen-bond acceptors (Lipinski definition) is 5. The maximum Gasteiger partial charge on any atom is 0.257 e. The van der Waals surface area contributed by atoms with Crippen molar-refractivity contribution in [2.45, 2.75) is 4.90 Å². The molecule has 11 heteroatoms. The summed E-state index contributed by atoms with van der Waals surface area (Å²) in [6.45, 7) is -0.309. The molecule has 0 aromatic heterocycles. The molecule has 150 valence electrons. The van der Waals surface area contributed by atoms with Gasteiger partial charge in [-0.25, -0.2) is 21.2 Å². The van der Waals surface area contributed by atoms with Gasteiger partial charge in [0.05, 0.1) is 27.0 Å². The Bertz CT molecular complexity index is 1120. The third-order valence-corrected chi connectivity index (χ3v) is 8.04. The van der Waals surface area contributed by atoms with E-state index in [0.29, 0.717) is 0 Å². The number of rotatable bonds is 4. The van der Waals surface area contributed by atoms with Gasteiger partial charge in [-0.2, -0.15) is 4.31 Å². The van der Waals surface area contributed by atoms with E-state index in [2.05, 4.69) is 5.32 Å². The highest BCUT2D eigenvalue weighted by Gasteiger charge is 2.31. The standard InChI is InChI=1S/C17H16ClFN2O5S2/c18-16-5-4-14(28(25,26)21-6-8-27(23,24)9-7-21)11-15(16)17(22)20-13-3-1-2-12(19)10-13/h1-5,10-11H,6-9H2,(H,20,22). The summed E-state index contributed by atoms with van der Waals surface area (Å²) in [4.78, 5) is 12.3. The highest BCUT2D eigenvalue weighted by molar-refractivity contribution is 7.92. The number of carbonyl (C=O) groups is 1. The van der Waals surface area contributed by atoms with E-state index < -0.39 is 31.6 Å². The molecule has 1 heterocycles. The summed E-state index contributed by atoms with van der Waals surface area (Å²) in [7, 11) is -7.24. The molecule has 0 spiro atoms. The highest BCUT2D eigenvalue weighted by atomic mass is 35.5. The molecule has 28 heavy (non-hydrogen) atoms. The van der Waals surface area contributed by atoms with Crippen LogP contribution in [0.25, 0.3) is 0 Å². The van der Waals surface area contributed by atoms with Crippen LogP contribution in [0.1, 0.15) is 10.4 Å². The molecule has 0 radical (unpaired) electrons. The van der Waals surface area contributed by atoms with Crippen LogP contribution >= 0.6 is 11.6 Å². The Kier molecular flexibility index (Phi) is 5.76. The Morgan fingerprint density at radius 3 is 2.43 bits per heavy atom. The summed E-state index contributed by atoms with van der Waals surface area (Å²) in [6, 6.07) is 8.86. The fraction of sp³-hybridized carbons (Fsp3) is 0.235. The Balaban J connectivity index is 1.87.